The van der Waals surface area contributed by atoms with Crippen LogP contribution in [0.25, 0.3) is 0 Å². The summed E-state index contributed by atoms with van der Waals surface area (Å²) in [7, 11) is 0. The van der Waals surface area contributed by atoms with Gasteiger partial charge in [-0.25, -0.2) is 4.79 Å². The number of halogens is 1. The molecule has 7 nitrogen and oxygen atoms in total. The molecule has 0 radical (unpaired) electrons. The van der Waals surface area contributed by atoms with Crippen LogP contribution in [-0.4, -0.2) is 55.9 Å². The molecule has 1 amide bonds. The highest BCUT2D eigenvalue weighted by atomic mass is 35.5. The van der Waals surface area contributed by atoms with E-state index >= 15 is 0 Å². The molecule has 2 rings (SSSR count). The van der Waals surface area contributed by atoms with Crippen molar-refractivity contribution in [2.45, 2.75) is 18.6 Å². The third-order valence-corrected chi connectivity index (χ3v) is 2.88. The number of amides is 1. The Bertz CT molecular complexity index is 479. The van der Waals surface area contributed by atoms with Crippen LogP contribution in [0.5, 0.6) is 0 Å². The summed E-state index contributed by atoms with van der Waals surface area (Å²) in [5, 5.41) is 25.7. The van der Waals surface area contributed by atoms with Crippen LogP contribution in [-0.2, 0) is 4.79 Å². The first-order valence-corrected chi connectivity index (χ1v) is 5.58. The minimum Gasteiger partial charge on any atom is -0.480 e. The van der Waals surface area contributed by atoms with Gasteiger partial charge in [0.05, 0.1) is 6.10 Å². The average Bonchev–Trinajstić information content (AvgIpc) is 2.71. The van der Waals surface area contributed by atoms with E-state index in [4.69, 9.17) is 16.7 Å². The molecule has 8 heteroatoms. The number of aliphatic carboxylic acids is 1. The van der Waals surface area contributed by atoms with Crippen molar-refractivity contribution in [1.29, 1.82) is 0 Å². The molecule has 0 spiro atoms. The first kappa shape index (κ1) is 12.7. The summed E-state index contributed by atoms with van der Waals surface area (Å²) < 4.78 is 0. The maximum Gasteiger partial charge on any atom is 0.326 e. The van der Waals surface area contributed by atoms with E-state index in [0.717, 1.165) is 4.90 Å². The van der Waals surface area contributed by atoms with Crippen LogP contribution in [0.15, 0.2) is 12.1 Å². The number of carboxylic acid groups (broad SMARTS) is 1. The standard InChI is InChI=1S/C10H10ClN3O4/c11-8-2-1-6(12-13-8)9(16)14-4-5(15)3-7(14)10(17)18/h1-2,5,7,15H,3-4H2,(H,17,18)/t5-,7-/m1/s1. The number of hydrogen-bond acceptors (Lipinski definition) is 5. The number of rotatable bonds is 2. The summed E-state index contributed by atoms with van der Waals surface area (Å²) in [6, 6.07) is 1.72. The molecule has 2 atom stereocenters. The second-order valence-electron chi connectivity index (χ2n) is 3.94. The lowest BCUT2D eigenvalue weighted by Gasteiger charge is -2.20. The molecule has 2 N–H and O–H groups in total. The first-order chi connectivity index (χ1) is 8.49. The number of carbonyl (C=O) groups is 2. The Kier molecular flexibility index (Phi) is 3.44. The zero-order valence-electron chi connectivity index (χ0n) is 9.15. The molecule has 18 heavy (non-hydrogen) atoms. The third kappa shape index (κ3) is 2.41. The number of nitrogens with zero attached hydrogens (tertiary/aromatic N) is 3. The molecule has 1 fully saturated rings. The number of hydrogen-bond donors (Lipinski definition) is 2. The Balaban J connectivity index is 2.22. The Labute approximate surface area is 107 Å². The van der Waals surface area contributed by atoms with Gasteiger partial charge in [-0.05, 0) is 12.1 Å². The summed E-state index contributed by atoms with van der Waals surface area (Å²) in [4.78, 5) is 24.1. The van der Waals surface area contributed by atoms with Gasteiger partial charge in [-0.1, -0.05) is 11.6 Å². The fourth-order valence-electron chi connectivity index (χ4n) is 1.85. The van der Waals surface area contributed by atoms with Crippen molar-refractivity contribution in [2.75, 3.05) is 6.54 Å². The van der Waals surface area contributed by atoms with Crippen molar-refractivity contribution in [3.8, 4) is 0 Å². The quantitative estimate of drug-likeness (QED) is 0.771. The van der Waals surface area contributed by atoms with Crippen molar-refractivity contribution >= 4 is 23.5 Å². The van der Waals surface area contributed by atoms with Crippen LogP contribution >= 0.6 is 11.6 Å². The molecule has 1 aliphatic heterocycles. The van der Waals surface area contributed by atoms with E-state index in [2.05, 4.69) is 10.2 Å². The van der Waals surface area contributed by atoms with Crippen molar-refractivity contribution in [2.24, 2.45) is 0 Å². The molecule has 1 aromatic rings. The van der Waals surface area contributed by atoms with E-state index in [9.17, 15) is 14.7 Å². The number of aromatic nitrogens is 2. The van der Waals surface area contributed by atoms with Gasteiger partial charge >= 0.3 is 5.97 Å². The minimum atomic E-state index is -1.15. The zero-order chi connectivity index (χ0) is 13.3. The largest absolute Gasteiger partial charge is 0.480 e. The van der Waals surface area contributed by atoms with Gasteiger partial charge in [-0.3, -0.25) is 4.79 Å². The number of aliphatic hydroxyl groups is 1. The second kappa shape index (κ2) is 4.87. The molecule has 0 aromatic carbocycles. The number of carbonyl (C=O) groups excluding carboxylic acids is 1. The molecule has 0 saturated carbocycles. The van der Waals surface area contributed by atoms with Crippen LogP contribution in [0.1, 0.15) is 16.9 Å². The predicted octanol–water partition coefficient (Wildman–Crippen LogP) is -0.210. The first-order valence-electron chi connectivity index (χ1n) is 5.20. The normalized spacial score (nSPS) is 23.1. The van der Waals surface area contributed by atoms with Gasteiger partial charge in [-0.15, -0.1) is 10.2 Å². The van der Waals surface area contributed by atoms with Crippen LogP contribution in [0.2, 0.25) is 5.15 Å². The lowest BCUT2D eigenvalue weighted by molar-refractivity contribution is -0.141. The van der Waals surface area contributed by atoms with Crippen LogP contribution < -0.4 is 0 Å². The Morgan fingerprint density at radius 1 is 1.39 bits per heavy atom. The van der Waals surface area contributed by atoms with Gasteiger partial charge < -0.3 is 15.1 Å². The lowest BCUT2D eigenvalue weighted by atomic mass is 10.2. The van der Waals surface area contributed by atoms with Crippen molar-refractivity contribution in [3.63, 3.8) is 0 Å². The number of aliphatic hydroxyl groups excluding tert-OH is 1. The van der Waals surface area contributed by atoms with Gasteiger partial charge in [-0.2, -0.15) is 0 Å². The second-order valence-corrected chi connectivity index (χ2v) is 4.33. The molecule has 0 aliphatic carbocycles. The van der Waals surface area contributed by atoms with E-state index in [0.29, 0.717) is 0 Å². The number of β-amino-alcohol motifs (C(OH)–C–C–N with tert-alkyl or cyclic N) is 1. The Morgan fingerprint density at radius 2 is 2.11 bits per heavy atom. The summed E-state index contributed by atoms with van der Waals surface area (Å²) in [5.41, 5.74) is -0.000231. The molecule has 0 bridgehead atoms. The molecular formula is C10H10ClN3O4. The molecule has 96 valence electrons. The Hall–Kier alpha value is -1.73. The molecular weight excluding hydrogens is 262 g/mol. The van der Waals surface area contributed by atoms with Crippen molar-refractivity contribution in [1.82, 2.24) is 15.1 Å². The van der Waals surface area contributed by atoms with Crippen molar-refractivity contribution in [3.05, 3.63) is 23.0 Å². The van der Waals surface area contributed by atoms with Gasteiger partial charge in [0.2, 0.25) is 0 Å². The highest BCUT2D eigenvalue weighted by Crippen LogP contribution is 2.20. The van der Waals surface area contributed by atoms with Crippen LogP contribution in [0.4, 0.5) is 0 Å². The van der Waals surface area contributed by atoms with E-state index in [1.165, 1.54) is 12.1 Å². The summed E-state index contributed by atoms with van der Waals surface area (Å²) >= 11 is 5.55. The summed E-state index contributed by atoms with van der Waals surface area (Å²) in [6.07, 6.45) is -0.822. The SMILES string of the molecule is O=C(O)[C@H]1C[C@@H](O)CN1C(=O)c1ccc(Cl)nn1. The fraction of sp³-hybridized carbons (Fsp3) is 0.400. The maximum absolute atomic E-state index is 12.0. The van der Waals surface area contributed by atoms with E-state index in [1.54, 1.807) is 0 Å². The number of likely N-dealkylation sites (tertiary alicyclic amines) is 1. The molecule has 1 aromatic heterocycles. The minimum absolute atomic E-state index is 0.000231. The fourth-order valence-corrected chi connectivity index (χ4v) is 1.95. The number of carboxylic acids is 1. The van der Waals surface area contributed by atoms with E-state index in [-0.39, 0.29) is 23.8 Å². The van der Waals surface area contributed by atoms with E-state index < -0.39 is 24.0 Å². The molecule has 2 heterocycles. The predicted molar refractivity (Wildman–Crippen MR) is 60.1 cm³/mol. The third-order valence-electron chi connectivity index (χ3n) is 2.68. The topological polar surface area (TPSA) is 104 Å². The van der Waals surface area contributed by atoms with Crippen LogP contribution in [0, 0.1) is 0 Å². The van der Waals surface area contributed by atoms with Crippen LogP contribution in [0.3, 0.4) is 0 Å². The average molecular weight is 272 g/mol. The van der Waals surface area contributed by atoms with E-state index in [1.807, 2.05) is 0 Å². The Morgan fingerprint density at radius 3 is 2.67 bits per heavy atom. The van der Waals surface area contributed by atoms with Gasteiger partial charge in [0, 0.05) is 13.0 Å². The van der Waals surface area contributed by atoms with Crippen molar-refractivity contribution < 1.29 is 19.8 Å². The lowest BCUT2D eigenvalue weighted by Crippen LogP contribution is -2.41. The molecule has 1 aliphatic rings. The highest BCUT2D eigenvalue weighted by molar-refractivity contribution is 6.29. The monoisotopic (exact) mass is 271 g/mol. The summed E-state index contributed by atoms with van der Waals surface area (Å²) in [5.74, 6) is -1.73. The summed E-state index contributed by atoms with van der Waals surface area (Å²) in [6.45, 7) is -0.0277. The van der Waals surface area contributed by atoms with Gasteiger partial charge in [0.1, 0.15) is 6.04 Å². The highest BCUT2D eigenvalue weighted by Gasteiger charge is 2.39. The molecule has 1 saturated heterocycles. The molecule has 0 unspecified atom stereocenters. The van der Waals surface area contributed by atoms with Gasteiger partial charge in [0.15, 0.2) is 10.8 Å². The maximum atomic E-state index is 12.0. The smallest absolute Gasteiger partial charge is 0.326 e. The zero-order valence-corrected chi connectivity index (χ0v) is 9.91. The van der Waals surface area contributed by atoms with Gasteiger partial charge in [0.25, 0.3) is 5.91 Å².